The second kappa shape index (κ2) is 5.81. The lowest BCUT2D eigenvalue weighted by Crippen LogP contribution is -2.46. The van der Waals surface area contributed by atoms with Crippen LogP contribution < -0.4 is 4.74 Å². The summed E-state index contributed by atoms with van der Waals surface area (Å²) in [6.45, 7) is 5.25. The van der Waals surface area contributed by atoms with Crippen LogP contribution in [0.2, 0.25) is 0 Å². The van der Waals surface area contributed by atoms with Crippen LogP contribution in [0.25, 0.3) is 0 Å². The number of carbonyl (C=O) groups excluding carboxylic acids is 2. The zero-order chi connectivity index (χ0) is 18.9. The largest absolute Gasteiger partial charge is 0.462 e. The maximum atomic E-state index is 11.6. The molecule has 5 nitrogen and oxygen atoms in total. The number of epoxide rings is 1. The van der Waals surface area contributed by atoms with E-state index in [0.717, 1.165) is 25.7 Å². The molecule has 27 heavy (non-hydrogen) atoms. The number of carbonyl (C=O) groups is 2. The van der Waals surface area contributed by atoms with Crippen molar-refractivity contribution in [3.8, 4) is 5.75 Å². The van der Waals surface area contributed by atoms with Gasteiger partial charge in [-0.2, -0.15) is 0 Å². The number of hydrogen-bond acceptors (Lipinski definition) is 5. The second-order valence-electron chi connectivity index (χ2n) is 8.92. The van der Waals surface area contributed by atoms with Crippen LogP contribution in [0.4, 0.5) is 0 Å². The van der Waals surface area contributed by atoms with Gasteiger partial charge in [0.25, 0.3) is 0 Å². The summed E-state index contributed by atoms with van der Waals surface area (Å²) in [5.41, 5.74) is 2.60. The van der Waals surface area contributed by atoms with Crippen molar-refractivity contribution >= 4 is 11.9 Å². The predicted octanol–water partition coefficient (Wildman–Crippen LogP) is 3.91. The summed E-state index contributed by atoms with van der Waals surface area (Å²) in [6, 6.07) is 6.02. The molecular formula is C22H26O5. The maximum Gasteiger partial charge on any atom is 0.308 e. The molecular weight excluding hydrogens is 344 g/mol. The summed E-state index contributed by atoms with van der Waals surface area (Å²) >= 11 is 0. The van der Waals surface area contributed by atoms with Crippen molar-refractivity contribution in [2.24, 2.45) is 17.3 Å². The first-order valence-electron chi connectivity index (χ1n) is 10.0. The lowest BCUT2D eigenvalue weighted by Gasteiger charge is -2.49. The van der Waals surface area contributed by atoms with E-state index in [4.69, 9.17) is 14.2 Å². The minimum absolute atomic E-state index is 0.0332. The fourth-order valence-corrected chi connectivity index (χ4v) is 6.39. The minimum Gasteiger partial charge on any atom is -0.462 e. The van der Waals surface area contributed by atoms with Crippen LogP contribution in [0.3, 0.4) is 0 Å². The van der Waals surface area contributed by atoms with Gasteiger partial charge in [-0.05, 0) is 66.7 Å². The smallest absolute Gasteiger partial charge is 0.308 e. The number of hydrogen-bond donors (Lipinski definition) is 0. The van der Waals surface area contributed by atoms with E-state index in [-0.39, 0.29) is 35.7 Å². The molecule has 0 unspecified atom stereocenters. The molecule has 3 fully saturated rings. The molecule has 1 aromatic carbocycles. The predicted molar refractivity (Wildman–Crippen MR) is 97.2 cm³/mol. The fraction of sp³-hybridized carbons (Fsp3) is 0.636. The van der Waals surface area contributed by atoms with Gasteiger partial charge < -0.3 is 14.2 Å². The Morgan fingerprint density at radius 3 is 2.67 bits per heavy atom. The van der Waals surface area contributed by atoms with Gasteiger partial charge in [0.2, 0.25) is 0 Å². The highest BCUT2D eigenvalue weighted by molar-refractivity contribution is 5.69. The third kappa shape index (κ3) is 2.54. The van der Waals surface area contributed by atoms with Gasteiger partial charge in [0, 0.05) is 19.3 Å². The van der Waals surface area contributed by atoms with Gasteiger partial charge in [0.05, 0.1) is 6.10 Å². The van der Waals surface area contributed by atoms with Crippen molar-refractivity contribution in [3.05, 3.63) is 29.3 Å². The third-order valence-corrected chi connectivity index (χ3v) is 7.48. The molecule has 144 valence electrons. The summed E-state index contributed by atoms with van der Waals surface area (Å²) in [6.07, 6.45) is 4.61. The Morgan fingerprint density at radius 1 is 1.11 bits per heavy atom. The van der Waals surface area contributed by atoms with Crippen LogP contribution in [-0.4, -0.2) is 24.1 Å². The highest BCUT2D eigenvalue weighted by Gasteiger charge is 2.64. The molecule has 0 spiro atoms. The first-order valence-corrected chi connectivity index (χ1v) is 10.0. The van der Waals surface area contributed by atoms with Crippen molar-refractivity contribution in [2.75, 3.05) is 0 Å². The zero-order valence-electron chi connectivity index (χ0n) is 16.1. The summed E-state index contributed by atoms with van der Waals surface area (Å²) in [5.74, 6) is 1.62. The van der Waals surface area contributed by atoms with Crippen molar-refractivity contribution in [1.82, 2.24) is 0 Å². The Bertz CT molecular complexity index is 817. The molecule has 4 aliphatic rings. The third-order valence-electron chi connectivity index (χ3n) is 7.48. The van der Waals surface area contributed by atoms with E-state index in [1.807, 2.05) is 12.1 Å². The minimum atomic E-state index is -0.298. The van der Waals surface area contributed by atoms with E-state index in [9.17, 15) is 9.59 Å². The van der Waals surface area contributed by atoms with Gasteiger partial charge in [-0.3, -0.25) is 9.59 Å². The molecule has 3 aliphatic carbocycles. The molecule has 1 heterocycles. The van der Waals surface area contributed by atoms with Gasteiger partial charge in [-0.1, -0.05) is 13.0 Å². The van der Waals surface area contributed by atoms with E-state index >= 15 is 0 Å². The van der Waals surface area contributed by atoms with E-state index in [2.05, 4.69) is 13.0 Å². The topological polar surface area (TPSA) is 65.1 Å². The fourth-order valence-electron chi connectivity index (χ4n) is 6.39. The van der Waals surface area contributed by atoms with Gasteiger partial charge in [0.15, 0.2) is 0 Å². The Labute approximate surface area is 159 Å². The number of ether oxygens (including phenoxy) is 3. The van der Waals surface area contributed by atoms with Gasteiger partial charge >= 0.3 is 11.9 Å². The molecule has 1 saturated heterocycles. The molecule has 2 saturated carbocycles. The quantitative estimate of drug-likeness (QED) is 0.449. The van der Waals surface area contributed by atoms with Crippen molar-refractivity contribution in [2.45, 2.75) is 70.7 Å². The van der Waals surface area contributed by atoms with E-state index in [0.29, 0.717) is 23.5 Å². The van der Waals surface area contributed by atoms with Crippen LogP contribution in [0, 0.1) is 17.3 Å². The van der Waals surface area contributed by atoms with Crippen LogP contribution in [0.15, 0.2) is 18.2 Å². The average molecular weight is 370 g/mol. The highest BCUT2D eigenvalue weighted by Crippen LogP contribution is 2.67. The van der Waals surface area contributed by atoms with E-state index < -0.39 is 0 Å². The normalized spacial score (nSPS) is 40.9. The van der Waals surface area contributed by atoms with Gasteiger partial charge in [-0.25, -0.2) is 0 Å². The highest BCUT2D eigenvalue weighted by atomic mass is 16.6. The van der Waals surface area contributed by atoms with Gasteiger partial charge in [0.1, 0.15) is 18.0 Å². The molecule has 1 aliphatic heterocycles. The molecule has 5 rings (SSSR count). The van der Waals surface area contributed by atoms with E-state index in [1.54, 1.807) is 0 Å². The molecule has 5 heteroatoms. The Kier molecular flexibility index (Phi) is 3.71. The Balaban J connectivity index is 1.46. The monoisotopic (exact) mass is 370 g/mol. The second-order valence-corrected chi connectivity index (χ2v) is 8.92. The van der Waals surface area contributed by atoms with E-state index in [1.165, 1.54) is 25.0 Å². The Hall–Kier alpha value is -1.88. The molecule has 0 radical (unpaired) electrons. The molecule has 0 aromatic heterocycles. The summed E-state index contributed by atoms with van der Waals surface area (Å²) in [4.78, 5) is 22.8. The molecule has 7 atom stereocenters. The first kappa shape index (κ1) is 17.2. The maximum absolute atomic E-state index is 11.6. The van der Waals surface area contributed by atoms with Crippen LogP contribution >= 0.6 is 0 Å². The van der Waals surface area contributed by atoms with Crippen LogP contribution in [0.5, 0.6) is 5.75 Å². The SMILES string of the molecule is CC(=O)Oc1ccc2c(c1)[C@@H]1O[C@@H]1[C@@H]1[C@@H]2CC[C@]2(C)[C@@H](OC(C)=O)CC[C@@H]12. The molecule has 0 bridgehead atoms. The van der Waals surface area contributed by atoms with Crippen molar-refractivity contribution in [1.29, 1.82) is 0 Å². The van der Waals surface area contributed by atoms with Crippen LogP contribution in [0.1, 0.15) is 69.6 Å². The van der Waals surface area contributed by atoms with Gasteiger partial charge in [-0.15, -0.1) is 0 Å². The lowest BCUT2D eigenvalue weighted by atomic mass is 9.55. The molecule has 1 aromatic rings. The first-order chi connectivity index (χ1) is 12.9. The zero-order valence-corrected chi connectivity index (χ0v) is 16.1. The summed E-state index contributed by atoms with van der Waals surface area (Å²) in [7, 11) is 0. The molecule has 0 N–H and O–H groups in total. The lowest BCUT2D eigenvalue weighted by molar-refractivity contribution is -0.154. The Morgan fingerprint density at radius 2 is 1.93 bits per heavy atom. The number of rotatable bonds is 2. The average Bonchev–Trinajstić information content (AvgIpc) is 3.33. The summed E-state index contributed by atoms with van der Waals surface area (Å²) in [5, 5.41) is 0. The van der Waals surface area contributed by atoms with Crippen molar-refractivity contribution in [3.63, 3.8) is 0 Å². The standard InChI is InChI=1S/C22H26O5/c1-11(23)25-13-4-5-14-15-8-9-22(3)17(6-7-18(22)26-12(2)24)19(15)21-20(27-21)16(14)10-13/h4-5,10,15,17-21H,6-9H2,1-3H3/t15-,17+,18+,19-,20+,21-,22+/m1/s1. The number of benzene rings is 1. The van der Waals surface area contributed by atoms with Crippen molar-refractivity contribution < 1.29 is 23.8 Å². The number of fused-ring (bicyclic) bond motifs is 8. The summed E-state index contributed by atoms with van der Waals surface area (Å²) < 4.78 is 17.1. The van der Waals surface area contributed by atoms with Crippen LogP contribution in [-0.2, 0) is 19.1 Å². The number of esters is 2. The molecule has 0 amide bonds.